The molecule has 0 aliphatic carbocycles. The molecule has 32 heavy (non-hydrogen) atoms. The minimum absolute atomic E-state index is 0.225. The van der Waals surface area contributed by atoms with Gasteiger partial charge in [-0.2, -0.15) is 0 Å². The highest BCUT2D eigenvalue weighted by Crippen LogP contribution is 2.40. The SMILES string of the molecule is CCSc1n[n+]2c(c(=O)[nH]1)-c1ccccc1N(C(C)=O)C2c1cc(Cl)ccc1OC(C)=O. The Hall–Kier alpha value is -3.17. The number of carbonyl (C=O) groups excluding carboxylic acids is 2. The van der Waals surface area contributed by atoms with Crippen LogP contribution in [0, 0.1) is 0 Å². The van der Waals surface area contributed by atoms with Crippen molar-refractivity contribution >= 4 is 40.9 Å². The fourth-order valence-corrected chi connectivity index (χ4v) is 4.53. The minimum Gasteiger partial charge on any atom is -0.426 e. The highest BCUT2D eigenvalue weighted by molar-refractivity contribution is 7.99. The van der Waals surface area contributed by atoms with Gasteiger partial charge < -0.3 is 4.74 Å². The van der Waals surface area contributed by atoms with Crippen LogP contribution in [0.25, 0.3) is 11.3 Å². The van der Waals surface area contributed by atoms with Gasteiger partial charge in [-0.25, -0.2) is 4.90 Å². The zero-order chi connectivity index (χ0) is 23.0. The van der Waals surface area contributed by atoms with Crippen molar-refractivity contribution in [1.82, 2.24) is 10.1 Å². The summed E-state index contributed by atoms with van der Waals surface area (Å²) in [5.74, 6) is 0.116. The topological polar surface area (TPSA) is 96.2 Å². The van der Waals surface area contributed by atoms with Crippen LogP contribution in [0.4, 0.5) is 5.69 Å². The van der Waals surface area contributed by atoms with Crippen LogP contribution in [0.2, 0.25) is 5.02 Å². The second-order valence-electron chi connectivity index (χ2n) is 7.04. The molecule has 1 aromatic heterocycles. The van der Waals surface area contributed by atoms with E-state index in [1.807, 2.05) is 6.92 Å². The van der Waals surface area contributed by atoms with Gasteiger partial charge in [0.05, 0.1) is 16.8 Å². The number of halogens is 1. The number of fused-ring (bicyclic) bond motifs is 3. The van der Waals surface area contributed by atoms with E-state index in [-0.39, 0.29) is 22.9 Å². The van der Waals surface area contributed by atoms with E-state index in [1.54, 1.807) is 42.5 Å². The van der Waals surface area contributed by atoms with Crippen molar-refractivity contribution in [3.8, 4) is 17.0 Å². The van der Waals surface area contributed by atoms with E-state index in [0.29, 0.717) is 32.7 Å². The number of carbonyl (C=O) groups is 2. The van der Waals surface area contributed by atoms with Gasteiger partial charge in [0.25, 0.3) is 6.17 Å². The lowest BCUT2D eigenvalue weighted by atomic mass is 10.0. The van der Waals surface area contributed by atoms with E-state index in [4.69, 9.17) is 16.3 Å². The summed E-state index contributed by atoms with van der Waals surface area (Å²) in [4.78, 5) is 42.2. The Kier molecular flexibility index (Phi) is 6.03. The lowest BCUT2D eigenvalue weighted by Gasteiger charge is -2.31. The molecule has 0 saturated heterocycles. The summed E-state index contributed by atoms with van der Waals surface area (Å²) < 4.78 is 6.92. The molecule has 0 radical (unpaired) electrons. The summed E-state index contributed by atoms with van der Waals surface area (Å²) in [5, 5.41) is 5.44. The van der Waals surface area contributed by atoms with Crippen molar-refractivity contribution in [3.05, 3.63) is 63.4 Å². The molecule has 1 aliphatic heterocycles. The van der Waals surface area contributed by atoms with Crippen LogP contribution in [0.1, 0.15) is 32.5 Å². The summed E-state index contributed by atoms with van der Waals surface area (Å²) in [5.41, 5.74) is 1.48. The van der Waals surface area contributed by atoms with Crippen molar-refractivity contribution in [3.63, 3.8) is 0 Å². The molecular weight excluding hydrogens is 452 g/mol. The van der Waals surface area contributed by atoms with Crippen LogP contribution in [0.3, 0.4) is 0 Å². The third-order valence-electron chi connectivity index (χ3n) is 4.88. The Bertz CT molecular complexity index is 1290. The van der Waals surface area contributed by atoms with E-state index in [2.05, 4.69) is 10.1 Å². The molecule has 4 rings (SSSR count). The maximum atomic E-state index is 13.2. The summed E-state index contributed by atoms with van der Waals surface area (Å²) in [6, 6.07) is 11.9. The Labute approximate surface area is 193 Å². The van der Waals surface area contributed by atoms with Crippen molar-refractivity contribution in [2.75, 3.05) is 10.7 Å². The number of anilines is 1. The minimum atomic E-state index is -0.899. The van der Waals surface area contributed by atoms with Gasteiger partial charge in [-0.3, -0.25) is 19.4 Å². The predicted octanol–water partition coefficient (Wildman–Crippen LogP) is 3.33. The van der Waals surface area contributed by atoms with Crippen molar-refractivity contribution in [2.24, 2.45) is 0 Å². The molecule has 3 aromatic rings. The first-order valence-corrected chi connectivity index (χ1v) is 11.2. The average molecular weight is 472 g/mol. The number of ether oxygens (including phenoxy) is 1. The van der Waals surface area contributed by atoms with Gasteiger partial charge in [-0.1, -0.05) is 42.4 Å². The molecule has 1 N–H and O–H groups in total. The van der Waals surface area contributed by atoms with Gasteiger partial charge in [-0.15, -0.1) is 0 Å². The van der Waals surface area contributed by atoms with Crippen LogP contribution in [-0.2, 0) is 9.59 Å². The molecule has 1 unspecified atom stereocenters. The lowest BCUT2D eigenvalue weighted by Crippen LogP contribution is -2.60. The standard InChI is InChI=1S/C22H19ClN4O4S/c1-4-32-22-24-20(30)19-15-7-5-6-8-17(15)26(12(2)28)21(27(19)25-22)16-11-14(23)9-10-18(16)31-13(3)29/h5-11,21H,4H2,1-3H3/p+1. The first kappa shape index (κ1) is 22.0. The number of thioether (sulfide) groups is 1. The van der Waals surface area contributed by atoms with Crippen molar-refractivity contribution in [1.29, 1.82) is 0 Å². The maximum absolute atomic E-state index is 13.2. The quantitative estimate of drug-likeness (QED) is 0.271. The molecule has 1 amide bonds. The number of para-hydroxylation sites is 1. The number of rotatable bonds is 4. The maximum Gasteiger partial charge on any atom is 0.325 e. The number of H-pyrrole nitrogens is 1. The Balaban J connectivity index is 2.09. The van der Waals surface area contributed by atoms with E-state index in [1.165, 1.54) is 35.2 Å². The number of hydrogen-bond acceptors (Lipinski definition) is 6. The molecule has 2 aromatic carbocycles. The van der Waals surface area contributed by atoms with E-state index >= 15 is 0 Å². The molecule has 164 valence electrons. The number of nitrogens with zero attached hydrogens (tertiary/aromatic N) is 3. The van der Waals surface area contributed by atoms with E-state index < -0.39 is 12.1 Å². The second kappa shape index (κ2) is 8.76. The number of benzene rings is 2. The van der Waals surface area contributed by atoms with Crippen LogP contribution >= 0.6 is 23.4 Å². The summed E-state index contributed by atoms with van der Waals surface area (Å²) in [7, 11) is 0. The lowest BCUT2D eigenvalue weighted by molar-refractivity contribution is -0.763. The summed E-state index contributed by atoms with van der Waals surface area (Å²) in [6.45, 7) is 4.66. The van der Waals surface area contributed by atoms with Gasteiger partial charge in [-0.05, 0) is 40.8 Å². The Morgan fingerprint density at radius 1 is 1.25 bits per heavy atom. The van der Waals surface area contributed by atoms with Gasteiger partial charge in [0.2, 0.25) is 11.1 Å². The molecule has 10 heteroatoms. The monoisotopic (exact) mass is 471 g/mol. The highest BCUT2D eigenvalue weighted by Gasteiger charge is 2.46. The molecule has 1 atom stereocenters. The second-order valence-corrected chi connectivity index (χ2v) is 8.73. The molecule has 2 heterocycles. The molecule has 0 saturated carbocycles. The van der Waals surface area contributed by atoms with Gasteiger partial charge >= 0.3 is 17.2 Å². The van der Waals surface area contributed by atoms with E-state index in [9.17, 15) is 14.4 Å². The molecule has 0 bridgehead atoms. The van der Waals surface area contributed by atoms with Crippen molar-refractivity contribution in [2.45, 2.75) is 32.1 Å². The third kappa shape index (κ3) is 3.89. The molecule has 0 fully saturated rings. The molecule has 1 aliphatic rings. The average Bonchev–Trinajstić information content (AvgIpc) is 2.73. The van der Waals surface area contributed by atoms with E-state index in [0.717, 1.165) is 0 Å². The number of aromatic amines is 1. The molecular formula is C22H20ClN4O4S+. The zero-order valence-corrected chi connectivity index (χ0v) is 19.2. The van der Waals surface area contributed by atoms with Crippen LogP contribution in [-0.4, -0.2) is 27.7 Å². The first-order chi connectivity index (χ1) is 15.3. The van der Waals surface area contributed by atoms with Crippen LogP contribution < -0.4 is 19.9 Å². The highest BCUT2D eigenvalue weighted by atomic mass is 35.5. The number of amides is 1. The van der Waals surface area contributed by atoms with Gasteiger partial charge in [0, 0.05) is 24.0 Å². The largest absolute Gasteiger partial charge is 0.426 e. The number of nitrogens with one attached hydrogen (secondary N) is 1. The fraction of sp³-hybridized carbons (Fsp3) is 0.227. The third-order valence-corrected chi connectivity index (χ3v) is 5.86. The zero-order valence-electron chi connectivity index (χ0n) is 17.6. The first-order valence-electron chi connectivity index (χ1n) is 9.87. The normalized spacial score (nSPS) is 14.5. The van der Waals surface area contributed by atoms with Crippen molar-refractivity contribution < 1.29 is 19.0 Å². The van der Waals surface area contributed by atoms with Crippen LogP contribution in [0.15, 0.2) is 52.4 Å². The Morgan fingerprint density at radius 3 is 2.69 bits per heavy atom. The molecule has 0 spiro atoms. The smallest absolute Gasteiger partial charge is 0.325 e. The number of hydrogen-bond donors (Lipinski definition) is 1. The number of esters is 1. The Morgan fingerprint density at radius 2 is 2.00 bits per heavy atom. The van der Waals surface area contributed by atoms with Gasteiger partial charge in [0.1, 0.15) is 5.75 Å². The summed E-state index contributed by atoms with van der Waals surface area (Å²) >= 11 is 7.66. The fourth-order valence-electron chi connectivity index (χ4n) is 3.76. The van der Waals surface area contributed by atoms with Crippen LogP contribution in [0.5, 0.6) is 5.75 Å². The van der Waals surface area contributed by atoms with Gasteiger partial charge in [0.15, 0.2) is 0 Å². The molecule has 8 nitrogen and oxygen atoms in total. The predicted molar refractivity (Wildman–Crippen MR) is 121 cm³/mol. The number of aromatic nitrogens is 3. The summed E-state index contributed by atoms with van der Waals surface area (Å²) in [6.07, 6.45) is -0.899.